The van der Waals surface area contributed by atoms with Crippen LogP contribution in [0.3, 0.4) is 0 Å². The maximum Gasteiger partial charge on any atom is 0.326 e. The number of carbonyl (C=O) groups excluding carboxylic acids is 1. The van der Waals surface area contributed by atoms with E-state index in [2.05, 4.69) is 15.3 Å². The van der Waals surface area contributed by atoms with E-state index in [1.165, 1.54) is 25.7 Å². The molecule has 156 valence electrons. The van der Waals surface area contributed by atoms with E-state index in [0.717, 1.165) is 32.1 Å². The summed E-state index contributed by atoms with van der Waals surface area (Å²) in [7, 11) is 0. The standard InChI is InChI=1S/C22H30N4O3/c27-18(17(15-6-2-1-3-7-15)25-20-23-10-5-11-24-20)26-14-22(12-16(26)19(28)29)13-21(22)8-4-9-21/h5,10-11,15-17H,1-4,6-9,12-14H2,(H,28,29)(H,23,24,25)/t16-,17-,22-/m0/s1. The summed E-state index contributed by atoms with van der Waals surface area (Å²) in [5.74, 6) is -0.299. The molecule has 3 atom stereocenters. The van der Waals surface area contributed by atoms with E-state index < -0.39 is 18.1 Å². The Morgan fingerprint density at radius 3 is 2.41 bits per heavy atom. The molecule has 1 aromatic rings. The Bertz CT molecular complexity index is 791. The number of carbonyl (C=O) groups is 2. The molecule has 3 saturated carbocycles. The van der Waals surface area contributed by atoms with Crippen LogP contribution in [0.1, 0.15) is 64.2 Å². The van der Waals surface area contributed by atoms with Crippen molar-refractivity contribution < 1.29 is 14.7 Å². The third-order valence-corrected chi connectivity index (χ3v) is 8.23. The minimum atomic E-state index is -0.866. The number of nitrogens with zero attached hydrogens (tertiary/aromatic N) is 3. The summed E-state index contributed by atoms with van der Waals surface area (Å²) in [5.41, 5.74) is 0.371. The number of nitrogens with one attached hydrogen (secondary N) is 1. The monoisotopic (exact) mass is 398 g/mol. The molecule has 0 unspecified atom stereocenters. The van der Waals surface area contributed by atoms with Crippen LogP contribution in [0.15, 0.2) is 18.5 Å². The molecule has 2 heterocycles. The SMILES string of the molecule is O=C(O)[C@@H]1C[C@@]2(CN1C(=O)[C@@H](Nc1ncccn1)C1CCCCC1)CC21CCC1. The molecule has 1 amide bonds. The van der Waals surface area contributed by atoms with Gasteiger partial charge in [-0.25, -0.2) is 14.8 Å². The van der Waals surface area contributed by atoms with Crippen molar-refractivity contribution in [2.45, 2.75) is 76.3 Å². The maximum absolute atomic E-state index is 13.7. The van der Waals surface area contributed by atoms with Crippen LogP contribution in [0, 0.1) is 16.7 Å². The lowest BCUT2D eigenvalue weighted by Gasteiger charge is -2.34. The number of anilines is 1. The average molecular weight is 399 g/mol. The van der Waals surface area contributed by atoms with Crippen LogP contribution >= 0.6 is 0 Å². The highest BCUT2D eigenvalue weighted by molar-refractivity contribution is 5.90. The molecule has 7 heteroatoms. The fraction of sp³-hybridized carbons (Fsp3) is 0.727. The molecule has 2 N–H and O–H groups in total. The molecule has 0 bridgehead atoms. The van der Waals surface area contributed by atoms with Gasteiger partial charge in [0.15, 0.2) is 0 Å². The van der Waals surface area contributed by atoms with Gasteiger partial charge in [0.1, 0.15) is 12.1 Å². The number of carboxylic acids is 1. The average Bonchev–Trinajstić information content (AvgIpc) is 3.22. The van der Waals surface area contributed by atoms with Crippen molar-refractivity contribution in [3.63, 3.8) is 0 Å². The molecule has 5 rings (SSSR count). The number of fused-ring (bicyclic) bond motifs is 1. The first-order chi connectivity index (χ1) is 14.0. The molecule has 0 radical (unpaired) electrons. The summed E-state index contributed by atoms with van der Waals surface area (Å²) in [6, 6.07) is 0.594. The van der Waals surface area contributed by atoms with Crippen molar-refractivity contribution in [3.05, 3.63) is 18.5 Å². The van der Waals surface area contributed by atoms with Gasteiger partial charge >= 0.3 is 5.97 Å². The maximum atomic E-state index is 13.7. The van der Waals surface area contributed by atoms with Gasteiger partial charge < -0.3 is 15.3 Å². The number of hydrogen-bond donors (Lipinski definition) is 2. The van der Waals surface area contributed by atoms with Crippen molar-refractivity contribution in [1.82, 2.24) is 14.9 Å². The number of likely N-dealkylation sites (tertiary alicyclic amines) is 1. The zero-order valence-electron chi connectivity index (χ0n) is 16.8. The van der Waals surface area contributed by atoms with Gasteiger partial charge in [-0.2, -0.15) is 0 Å². The van der Waals surface area contributed by atoms with Crippen LogP contribution < -0.4 is 5.32 Å². The molecule has 3 aliphatic carbocycles. The van der Waals surface area contributed by atoms with E-state index in [1.807, 2.05) is 0 Å². The summed E-state index contributed by atoms with van der Waals surface area (Å²) >= 11 is 0. The largest absolute Gasteiger partial charge is 0.480 e. The second-order valence-corrected chi connectivity index (χ2v) is 9.71. The Kier molecular flexibility index (Phi) is 4.51. The van der Waals surface area contributed by atoms with Crippen molar-refractivity contribution in [1.29, 1.82) is 0 Å². The van der Waals surface area contributed by atoms with Gasteiger partial charge in [0.25, 0.3) is 0 Å². The molecule has 1 aliphatic heterocycles. The third kappa shape index (κ3) is 3.09. The van der Waals surface area contributed by atoms with Crippen LogP contribution in [0.2, 0.25) is 0 Å². The third-order valence-electron chi connectivity index (χ3n) is 8.23. The highest BCUT2D eigenvalue weighted by atomic mass is 16.4. The summed E-state index contributed by atoms with van der Waals surface area (Å²) in [6.45, 7) is 0.601. The fourth-order valence-corrected chi connectivity index (χ4v) is 6.40. The second kappa shape index (κ2) is 6.96. The predicted molar refractivity (Wildman–Crippen MR) is 107 cm³/mol. The zero-order valence-corrected chi connectivity index (χ0v) is 16.8. The fourth-order valence-electron chi connectivity index (χ4n) is 6.40. The number of amides is 1. The van der Waals surface area contributed by atoms with Gasteiger partial charge in [-0.3, -0.25) is 4.79 Å². The van der Waals surface area contributed by atoms with Crippen LogP contribution in [0.5, 0.6) is 0 Å². The summed E-state index contributed by atoms with van der Waals surface area (Å²) in [4.78, 5) is 36.0. The first-order valence-corrected chi connectivity index (χ1v) is 11.1. The Hall–Kier alpha value is -2.18. The Labute approximate surface area is 171 Å². The van der Waals surface area contributed by atoms with Gasteiger partial charge in [-0.15, -0.1) is 0 Å². The van der Waals surface area contributed by atoms with Gasteiger partial charge in [0.2, 0.25) is 11.9 Å². The van der Waals surface area contributed by atoms with E-state index in [-0.39, 0.29) is 17.2 Å². The number of carboxylic acid groups (broad SMARTS) is 1. The number of aliphatic carboxylic acids is 1. The van der Waals surface area contributed by atoms with Gasteiger partial charge in [-0.05, 0) is 61.3 Å². The Morgan fingerprint density at radius 2 is 1.83 bits per heavy atom. The quantitative estimate of drug-likeness (QED) is 0.791. The van der Waals surface area contributed by atoms with Gasteiger partial charge in [0, 0.05) is 18.9 Å². The van der Waals surface area contributed by atoms with Gasteiger partial charge in [0.05, 0.1) is 0 Å². The van der Waals surface area contributed by atoms with Crippen LogP contribution in [0.4, 0.5) is 5.95 Å². The van der Waals surface area contributed by atoms with Crippen molar-refractivity contribution in [2.75, 3.05) is 11.9 Å². The summed E-state index contributed by atoms with van der Waals surface area (Å²) in [6.07, 6.45) is 14.1. The minimum absolute atomic E-state index is 0.0460. The highest BCUT2D eigenvalue weighted by Gasteiger charge is 2.73. The van der Waals surface area contributed by atoms with E-state index >= 15 is 0 Å². The lowest BCUT2D eigenvalue weighted by molar-refractivity contribution is -0.149. The van der Waals surface area contributed by atoms with Crippen molar-refractivity contribution >= 4 is 17.8 Å². The number of rotatable bonds is 5. The molecule has 1 aromatic heterocycles. The molecule has 1 saturated heterocycles. The Balaban J connectivity index is 1.40. The van der Waals surface area contributed by atoms with Crippen molar-refractivity contribution in [3.8, 4) is 0 Å². The second-order valence-electron chi connectivity index (χ2n) is 9.71. The lowest BCUT2D eigenvalue weighted by Crippen LogP contribution is -2.51. The van der Waals surface area contributed by atoms with Crippen molar-refractivity contribution in [2.24, 2.45) is 16.7 Å². The number of aromatic nitrogens is 2. The molecular weight excluding hydrogens is 368 g/mol. The molecule has 4 aliphatic rings. The van der Waals surface area contributed by atoms with E-state index in [1.54, 1.807) is 23.4 Å². The molecule has 0 aromatic carbocycles. The molecular formula is C22H30N4O3. The molecule has 2 spiro atoms. The minimum Gasteiger partial charge on any atom is -0.480 e. The summed E-state index contributed by atoms with van der Waals surface area (Å²) in [5, 5.41) is 13.2. The smallest absolute Gasteiger partial charge is 0.326 e. The zero-order chi connectivity index (χ0) is 20.1. The summed E-state index contributed by atoms with van der Waals surface area (Å²) < 4.78 is 0. The molecule has 4 fully saturated rings. The van der Waals surface area contributed by atoms with Gasteiger partial charge in [-0.1, -0.05) is 25.7 Å². The van der Waals surface area contributed by atoms with E-state index in [0.29, 0.717) is 24.3 Å². The first kappa shape index (κ1) is 18.8. The topological polar surface area (TPSA) is 95.4 Å². The Morgan fingerprint density at radius 1 is 1.10 bits per heavy atom. The van der Waals surface area contributed by atoms with E-state index in [4.69, 9.17) is 0 Å². The van der Waals surface area contributed by atoms with Crippen LogP contribution in [-0.2, 0) is 9.59 Å². The number of hydrogen-bond acceptors (Lipinski definition) is 5. The van der Waals surface area contributed by atoms with Crippen LogP contribution in [-0.4, -0.2) is 50.5 Å². The molecule has 29 heavy (non-hydrogen) atoms. The highest BCUT2D eigenvalue weighted by Crippen LogP contribution is 2.77. The van der Waals surface area contributed by atoms with Crippen LogP contribution in [0.25, 0.3) is 0 Å². The first-order valence-electron chi connectivity index (χ1n) is 11.1. The predicted octanol–water partition coefficient (Wildman–Crippen LogP) is 3.08. The molecule has 7 nitrogen and oxygen atoms in total. The lowest BCUT2D eigenvalue weighted by atomic mass is 9.74. The normalized spacial score (nSPS) is 31.4. The van der Waals surface area contributed by atoms with E-state index in [9.17, 15) is 14.7 Å².